The van der Waals surface area contributed by atoms with Gasteiger partial charge in [0.15, 0.2) is 0 Å². The lowest BCUT2D eigenvalue weighted by Gasteiger charge is -2.13. The third kappa shape index (κ3) is 2.99. The van der Waals surface area contributed by atoms with Crippen LogP contribution in [0.1, 0.15) is 26.9 Å². The van der Waals surface area contributed by atoms with E-state index in [4.69, 9.17) is 27.9 Å². The lowest BCUT2D eigenvalue weighted by molar-refractivity contribution is 0.0957. The van der Waals surface area contributed by atoms with Crippen LogP contribution in [0.15, 0.2) is 42.5 Å². The minimum atomic E-state index is -0.370. The third-order valence-electron chi connectivity index (χ3n) is 3.33. The summed E-state index contributed by atoms with van der Waals surface area (Å²) in [5.74, 6) is 0.447. The Kier molecular flexibility index (Phi) is 4.04. The Bertz CT molecular complexity index is 688. The Morgan fingerprint density at radius 1 is 1.14 bits per heavy atom. The van der Waals surface area contributed by atoms with Crippen LogP contribution in [0, 0.1) is 0 Å². The summed E-state index contributed by atoms with van der Waals surface area (Å²) in [6.07, 6.45) is 0. The first-order valence-corrected chi connectivity index (χ1v) is 7.41. The fourth-order valence-electron chi connectivity index (χ4n) is 2.29. The monoisotopic (exact) mass is 321 g/mol. The number of nitrogens with one attached hydrogen (secondary N) is 1. The molecule has 108 valence electrons. The number of halogens is 2. The van der Waals surface area contributed by atoms with Gasteiger partial charge in [-0.1, -0.05) is 29.8 Å². The summed E-state index contributed by atoms with van der Waals surface area (Å²) in [4.78, 5) is 12.0. The molecule has 1 N–H and O–H groups in total. The number of ether oxygens (including phenoxy) is 1. The molecule has 3 rings (SSSR count). The highest BCUT2D eigenvalue weighted by Gasteiger charge is 2.19. The molecule has 0 fully saturated rings. The molecule has 0 spiro atoms. The Labute approximate surface area is 132 Å². The summed E-state index contributed by atoms with van der Waals surface area (Å²) < 4.78 is 5.53. The van der Waals surface area contributed by atoms with Gasteiger partial charge in [0, 0.05) is 5.02 Å². The first-order valence-electron chi connectivity index (χ1n) is 6.59. The van der Waals surface area contributed by atoms with E-state index in [0.717, 1.165) is 11.1 Å². The summed E-state index contributed by atoms with van der Waals surface area (Å²) in [6, 6.07) is 12.8. The van der Waals surface area contributed by atoms with E-state index in [2.05, 4.69) is 5.32 Å². The first-order chi connectivity index (χ1) is 10.1. The Morgan fingerprint density at radius 3 is 2.76 bits per heavy atom. The maximum Gasteiger partial charge on any atom is 0.255 e. The molecule has 2 aromatic rings. The molecule has 0 aliphatic carbocycles. The molecule has 0 aromatic heterocycles. The average Bonchev–Trinajstić information content (AvgIpc) is 2.68. The quantitative estimate of drug-likeness (QED) is 0.854. The minimum absolute atomic E-state index is 0.140. The number of amides is 1. The van der Waals surface area contributed by atoms with Gasteiger partial charge < -0.3 is 10.1 Å². The average molecular weight is 322 g/mol. The molecule has 1 atom stereocenters. The first kappa shape index (κ1) is 14.2. The van der Waals surface area contributed by atoms with Crippen molar-refractivity contribution in [3.63, 3.8) is 0 Å². The fourth-order valence-corrected chi connectivity index (χ4v) is 2.76. The third-order valence-corrected chi connectivity index (χ3v) is 4.07. The van der Waals surface area contributed by atoms with Crippen LogP contribution in [-0.2, 0) is 0 Å². The molecule has 21 heavy (non-hydrogen) atoms. The predicted molar refractivity (Wildman–Crippen MR) is 83.4 cm³/mol. The number of benzene rings is 2. The molecular weight excluding hydrogens is 309 g/mol. The molecule has 1 heterocycles. The summed E-state index contributed by atoms with van der Waals surface area (Å²) >= 11 is 12.5. The number of hydrogen-bond donors (Lipinski definition) is 1. The van der Waals surface area contributed by atoms with Gasteiger partial charge in [0.05, 0.1) is 17.5 Å². The largest absolute Gasteiger partial charge is 0.491 e. The number of hydrogen-bond acceptors (Lipinski definition) is 2. The minimum Gasteiger partial charge on any atom is -0.491 e. The zero-order valence-electron chi connectivity index (χ0n) is 11.1. The number of alkyl halides is 1. The lowest BCUT2D eigenvalue weighted by Crippen LogP contribution is -2.24. The van der Waals surface area contributed by atoms with Crippen LogP contribution in [0.4, 0.5) is 0 Å². The van der Waals surface area contributed by atoms with Crippen LogP contribution in [0.3, 0.4) is 0 Å². The molecule has 1 amide bonds. The van der Waals surface area contributed by atoms with Crippen LogP contribution in [0.2, 0.25) is 5.02 Å². The summed E-state index contributed by atoms with van der Waals surface area (Å²) in [5.41, 5.74) is 2.23. The van der Waals surface area contributed by atoms with E-state index in [1.54, 1.807) is 18.2 Å². The van der Waals surface area contributed by atoms with Crippen LogP contribution in [0.25, 0.3) is 0 Å². The molecule has 0 saturated heterocycles. The van der Waals surface area contributed by atoms with E-state index in [1.807, 2.05) is 24.3 Å². The highest BCUT2D eigenvalue weighted by Crippen LogP contribution is 2.33. The predicted octanol–water partition coefficient (Wildman–Crippen LogP) is 3.79. The van der Waals surface area contributed by atoms with Crippen molar-refractivity contribution in [3.05, 3.63) is 64.2 Å². The highest BCUT2D eigenvalue weighted by molar-refractivity contribution is 6.30. The summed E-state index contributed by atoms with van der Waals surface area (Å²) in [7, 11) is 0. The van der Waals surface area contributed by atoms with Crippen molar-refractivity contribution in [2.45, 2.75) is 5.38 Å². The fraction of sp³-hybridized carbons (Fsp3) is 0.188. The molecule has 1 aliphatic heterocycles. The van der Waals surface area contributed by atoms with Crippen LogP contribution >= 0.6 is 23.2 Å². The normalized spacial score (nSPS) is 15.4. The molecule has 2 aromatic carbocycles. The topological polar surface area (TPSA) is 38.3 Å². The van der Waals surface area contributed by atoms with Crippen molar-refractivity contribution in [3.8, 4) is 5.75 Å². The number of rotatable bonds is 2. The van der Waals surface area contributed by atoms with E-state index < -0.39 is 0 Å². The zero-order chi connectivity index (χ0) is 14.8. The van der Waals surface area contributed by atoms with Gasteiger partial charge >= 0.3 is 0 Å². The Hall–Kier alpha value is -1.71. The summed E-state index contributed by atoms with van der Waals surface area (Å²) in [5, 5.41) is 3.05. The van der Waals surface area contributed by atoms with E-state index in [0.29, 0.717) is 29.5 Å². The van der Waals surface area contributed by atoms with Gasteiger partial charge in [-0.2, -0.15) is 0 Å². The van der Waals surface area contributed by atoms with Gasteiger partial charge in [-0.3, -0.25) is 4.79 Å². The van der Waals surface area contributed by atoms with E-state index in [-0.39, 0.29) is 11.3 Å². The smallest absolute Gasteiger partial charge is 0.255 e. The molecule has 1 unspecified atom stereocenters. The van der Waals surface area contributed by atoms with Gasteiger partial charge in [-0.15, -0.1) is 11.6 Å². The number of carbonyl (C=O) groups excluding carboxylic acids is 1. The van der Waals surface area contributed by atoms with E-state index in [9.17, 15) is 4.79 Å². The van der Waals surface area contributed by atoms with Crippen molar-refractivity contribution in [2.75, 3.05) is 13.2 Å². The second-order valence-electron chi connectivity index (χ2n) is 4.78. The van der Waals surface area contributed by atoms with Crippen LogP contribution in [0.5, 0.6) is 5.75 Å². The zero-order valence-corrected chi connectivity index (χ0v) is 12.6. The second kappa shape index (κ2) is 5.96. The van der Waals surface area contributed by atoms with Gasteiger partial charge in [0.2, 0.25) is 0 Å². The molecule has 0 saturated carbocycles. The maximum absolute atomic E-state index is 12.0. The molecule has 5 heteroatoms. The molecule has 0 radical (unpaired) electrons. The SMILES string of the molecule is O=C1NCCOc2ccc(C(Cl)c3cccc(Cl)c3)cc21. The van der Waals surface area contributed by atoms with Crippen LogP contribution in [-0.4, -0.2) is 19.1 Å². The number of carbonyl (C=O) groups is 1. The molecular formula is C16H13Cl2NO2. The lowest BCUT2D eigenvalue weighted by atomic mass is 10.0. The highest BCUT2D eigenvalue weighted by atomic mass is 35.5. The number of fused-ring (bicyclic) bond motifs is 1. The van der Waals surface area contributed by atoms with Gasteiger partial charge in [-0.05, 0) is 35.4 Å². The summed E-state index contributed by atoms with van der Waals surface area (Å²) in [6.45, 7) is 0.970. The van der Waals surface area contributed by atoms with Crippen molar-refractivity contribution < 1.29 is 9.53 Å². The maximum atomic E-state index is 12.0. The standard InChI is InChI=1S/C16H13Cl2NO2/c17-12-3-1-2-10(8-12)15(18)11-4-5-14-13(9-11)16(20)19-6-7-21-14/h1-5,8-9,15H,6-7H2,(H,19,20). The van der Waals surface area contributed by atoms with Gasteiger partial charge in [-0.25, -0.2) is 0 Å². The van der Waals surface area contributed by atoms with Crippen molar-refractivity contribution >= 4 is 29.1 Å². The van der Waals surface area contributed by atoms with Crippen molar-refractivity contribution in [2.24, 2.45) is 0 Å². The molecule has 3 nitrogen and oxygen atoms in total. The molecule has 0 bridgehead atoms. The van der Waals surface area contributed by atoms with E-state index >= 15 is 0 Å². The van der Waals surface area contributed by atoms with Gasteiger partial charge in [0.25, 0.3) is 5.91 Å². The van der Waals surface area contributed by atoms with Crippen LogP contribution < -0.4 is 10.1 Å². The molecule has 1 aliphatic rings. The van der Waals surface area contributed by atoms with Crippen molar-refractivity contribution in [1.29, 1.82) is 0 Å². The second-order valence-corrected chi connectivity index (χ2v) is 5.65. The Balaban J connectivity index is 1.98. The van der Waals surface area contributed by atoms with Gasteiger partial charge in [0.1, 0.15) is 12.4 Å². The Morgan fingerprint density at radius 2 is 1.95 bits per heavy atom. The van der Waals surface area contributed by atoms with E-state index in [1.165, 1.54) is 0 Å². The van der Waals surface area contributed by atoms with Crippen molar-refractivity contribution in [1.82, 2.24) is 5.32 Å².